The van der Waals surface area contributed by atoms with Crippen LogP contribution < -0.4 is 5.32 Å². The molecule has 1 aliphatic rings. The third kappa shape index (κ3) is 3.69. The highest BCUT2D eigenvalue weighted by molar-refractivity contribution is 5.73. The van der Waals surface area contributed by atoms with Crippen molar-refractivity contribution in [3.63, 3.8) is 0 Å². The zero-order chi connectivity index (χ0) is 13.8. The smallest absolute Gasteiger partial charge is 0.320 e. The van der Waals surface area contributed by atoms with E-state index in [9.17, 15) is 4.79 Å². The molecule has 1 rings (SSSR count). The number of hydrogen-bond donors (Lipinski definition) is 2. The van der Waals surface area contributed by atoms with Gasteiger partial charge in [0.25, 0.3) is 0 Å². The van der Waals surface area contributed by atoms with Crippen LogP contribution in [0.1, 0.15) is 46.0 Å². The molecule has 2 N–H and O–H groups in total. The maximum absolute atomic E-state index is 11.1. The van der Waals surface area contributed by atoms with E-state index in [-0.39, 0.29) is 5.54 Å². The van der Waals surface area contributed by atoms with Crippen molar-refractivity contribution in [2.24, 2.45) is 5.92 Å². The lowest BCUT2D eigenvalue weighted by Gasteiger charge is -2.46. The molecule has 3 unspecified atom stereocenters. The van der Waals surface area contributed by atoms with E-state index in [0.717, 1.165) is 25.3 Å². The lowest BCUT2D eigenvalue weighted by molar-refractivity contribution is -0.139. The number of carboxylic acid groups (broad SMARTS) is 1. The van der Waals surface area contributed by atoms with Gasteiger partial charge in [0.15, 0.2) is 0 Å². The maximum atomic E-state index is 11.1. The Hall–Kier alpha value is -0.610. The van der Waals surface area contributed by atoms with E-state index in [0.29, 0.717) is 6.42 Å². The zero-order valence-electron chi connectivity index (χ0n) is 12.2. The first-order chi connectivity index (χ1) is 8.41. The Morgan fingerprint density at radius 2 is 2.22 bits per heavy atom. The Balaban J connectivity index is 2.65. The predicted octanol–water partition coefficient (Wildman–Crippen LogP) is 1.95. The van der Waals surface area contributed by atoms with E-state index in [2.05, 4.69) is 31.2 Å². The molecule has 106 valence electrons. The first-order valence-corrected chi connectivity index (χ1v) is 7.05. The summed E-state index contributed by atoms with van der Waals surface area (Å²) in [6.07, 6.45) is 5.49. The van der Waals surface area contributed by atoms with Gasteiger partial charge in [-0.15, -0.1) is 0 Å². The van der Waals surface area contributed by atoms with Crippen molar-refractivity contribution < 1.29 is 9.90 Å². The normalized spacial score (nSPS) is 30.4. The molecule has 0 aromatic rings. The van der Waals surface area contributed by atoms with Gasteiger partial charge in [0.1, 0.15) is 6.04 Å². The van der Waals surface area contributed by atoms with Crippen LogP contribution >= 0.6 is 0 Å². The number of aliphatic carboxylic acids is 1. The molecule has 18 heavy (non-hydrogen) atoms. The second-order valence-corrected chi connectivity index (χ2v) is 6.00. The van der Waals surface area contributed by atoms with Gasteiger partial charge in [0, 0.05) is 12.1 Å². The van der Waals surface area contributed by atoms with E-state index >= 15 is 0 Å². The Kier molecular flexibility index (Phi) is 5.60. The molecule has 0 aliphatic heterocycles. The van der Waals surface area contributed by atoms with Crippen molar-refractivity contribution in [3.05, 3.63) is 0 Å². The molecule has 4 heteroatoms. The van der Waals surface area contributed by atoms with Crippen LogP contribution in [-0.2, 0) is 4.79 Å². The molecule has 1 saturated carbocycles. The van der Waals surface area contributed by atoms with Crippen LogP contribution in [-0.4, -0.2) is 48.2 Å². The van der Waals surface area contributed by atoms with Gasteiger partial charge in [0.05, 0.1) is 0 Å². The summed E-state index contributed by atoms with van der Waals surface area (Å²) in [5.41, 5.74) is 0.126. The third-order valence-corrected chi connectivity index (χ3v) is 4.40. The predicted molar refractivity (Wildman–Crippen MR) is 73.8 cm³/mol. The minimum Gasteiger partial charge on any atom is -0.480 e. The van der Waals surface area contributed by atoms with E-state index in [1.54, 1.807) is 0 Å². The lowest BCUT2D eigenvalue weighted by Crippen LogP contribution is -2.56. The summed E-state index contributed by atoms with van der Waals surface area (Å²) in [4.78, 5) is 13.3. The van der Waals surface area contributed by atoms with Crippen LogP contribution in [0, 0.1) is 5.92 Å². The first-order valence-electron chi connectivity index (χ1n) is 7.05. The topological polar surface area (TPSA) is 52.6 Å². The van der Waals surface area contributed by atoms with E-state index in [1.807, 2.05) is 6.92 Å². The summed E-state index contributed by atoms with van der Waals surface area (Å²) < 4.78 is 0. The number of nitrogens with zero attached hydrogens (tertiary/aromatic N) is 1. The van der Waals surface area contributed by atoms with Crippen LogP contribution in [0.5, 0.6) is 0 Å². The average Bonchev–Trinajstić information content (AvgIpc) is 2.29. The molecular formula is C14H28N2O2. The fourth-order valence-corrected chi connectivity index (χ4v) is 3.08. The third-order valence-electron chi connectivity index (χ3n) is 4.40. The Morgan fingerprint density at radius 1 is 1.56 bits per heavy atom. The van der Waals surface area contributed by atoms with Crippen LogP contribution in [0.25, 0.3) is 0 Å². The van der Waals surface area contributed by atoms with Crippen LogP contribution in [0.3, 0.4) is 0 Å². The van der Waals surface area contributed by atoms with Gasteiger partial charge in [-0.25, -0.2) is 0 Å². The highest BCUT2D eigenvalue weighted by Crippen LogP contribution is 2.35. The molecule has 0 amide bonds. The molecule has 3 atom stereocenters. The van der Waals surface area contributed by atoms with Crippen LogP contribution in [0.2, 0.25) is 0 Å². The quantitative estimate of drug-likeness (QED) is 0.762. The summed E-state index contributed by atoms with van der Waals surface area (Å²) in [5.74, 6) is -0.0110. The number of likely N-dealkylation sites (N-methyl/N-ethyl adjacent to an activating group) is 1. The molecule has 0 aromatic heterocycles. The summed E-state index contributed by atoms with van der Waals surface area (Å²) in [6, 6.07) is -0.418. The average molecular weight is 256 g/mol. The number of nitrogens with one attached hydrogen (secondary N) is 1. The molecule has 0 radical (unpaired) electrons. The first kappa shape index (κ1) is 15.4. The Bertz CT molecular complexity index is 281. The van der Waals surface area contributed by atoms with Gasteiger partial charge in [-0.2, -0.15) is 0 Å². The van der Waals surface area contributed by atoms with E-state index in [1.165, 1.54) is 12.8 Å². The van der Waals surface area contributed by atoms with Crippen molar-refractivity contribution >= 4 is 5.97 Å². The van der Waals surface area contributed by atoms with Crippen molar-refractivity contribution in [1.82, 2.24) is 10.2 Å². The standard InChI is InChI=1S/C14H28N2O2/c1-5-12(13(17)18)15-10-14(16(3)4)8-6-7-11(2)9-14/h11-12,15H,5-10H2,1-4H3,(H,17,18). The van der Waals surface area contributed by atoms with Crippen LogP contribution in [0.15, 0.2) is 0 Å². The van der Waals surface area contributed by atoms with Crippen molar-refractivity contribution in [1.29, 1.82) is 0 Å². The number of carbonyl (C=O) groups is 1. The molecule has 1 fully saturated rings. The summed E-state index contributed by atoms with van der Waals surface area (Å²) in [7, 11) is 4.23. The van der Waals surface area contributed by atoms with Crippen LogP contribution in [0.4, 0.5) is 0 Å². The zero-order valence-corrected chi connectivity index (χ0v) is 12.2. The summed E-state index contributed by atoms with van der Waals surface area (Å²) >= 11 is 0. The van der Waals surface area contributed by atoms with Crippen molar-refractivity contribution in [2.45, 2.75) is 57.5 Å². The summed E-state index contributed by atoms with van der Waals surface area (Å²) in [6.45, 7) is 4.98. The van der Waals surface area contributed by atoms with E-state index < -0.39 is 12.0 Å². The van der Waals surface area contributed by atoms with Gasteiger partial charge >= 0.3 is 5.97 Å². The maximum Gasteiger partial charge on any atom is 0.320 e. The monoisotopic (exact) mass is 256 g/mol. The minimum absolute atomic E-state index is 0.126. The van der Waals surface area contributed by atoms with Crippen molar-refractivity contribution in [2.75, 3.05) is 20.6 Å². The fraction of sp³-hybridized carbons (Fsp3) is 0.929. The molecular weight excluding hydrogens is 228 g/mol. The summed E-state index contributed by atoms with van der Waals surface area (Å²) in [5, 5.41) is 12.3. The molecule has 0 spiro atoms. The van der Waals surface area contributed by atoms with Crippen molar-refractivity contribution in [3.8, 4) is 0 Å². The molecule has 0 heterocycles. The number of carboxylic acids is 1. The highest BCUT2D eigenvalue weighted by Gasteiger charge is 2.37. The largest absolute Gasteiger partial charge is 0.480 e. The molecule has 0 bridgehead atoms. The molecule has 0 saturated heterocycles. The Morgan fingerprint density at radius 3 is 2.67 bits per heavy atom. The number of rotatable bonds is 6. The van der Waals surface area contributed by atoms with Gasteiger partial charge in [-0.1, -0.05) is 26.7 Å². The highest BCUT2D eigenvalue weighted by atomic mass is 16.4. The van der Waals surface area contributed by atoms with Gasteiger partial charge in [-0.3, -0.25) is 4.79 Å². The second-order valence-electron chi connectivity index (χ2n) is 6.00. The molecule has 4 nitrogen and oxygen atoms in total. The number of hydrogen-bond acceptors (Lipinski definition) is 3. The van der Waals surface area contributed by atoms with Gasteiger partial charge in [-0.05, 0) is 39.3 Å². The minimum atomic E-state index is -0.740. The second kappa shape index (κ2) is 6.53. The Labute approximate surface area is 111 Å². The van der Waals surface area contributed by atoms with Gasteiger partial charge in [0.2, 0.25) is 0 Å². The molecule has 0 aromatic carbocycles. The fourth-order valence-electron chi connectivity index (χ4n) is 3.08. The SMILES string of the molecule is CCC(NCC1(N(C)C)CCCC(C)C1)C(=O)O. The van der Waals surface area contributed by atoms with Gasteiger partial charge < -0.3 is 15.3 Å². The van der Waals surface area contributed by atoms with E-state index in [4.69, 9.17) is 5.11 Å². The molecule has 1 aliphatic carbocycles. The lowest BCUT2D eigenvalue weighted by atomic mass is 9.75.